The Morgan fingerprint density at radius 1 is 1.16 bits per heavy atom. The molecule has 10 heteroatoms. The Morgan fingerprint density at radius 2 is 1.98 bits per heavy atom. The molecule has 2 aromatic carbocycles. The van der Waals surface area contributed by atoms with Crippen LogP contribution in [0.1, 0.15) is 31.0 Å². The summed E-state index contributed by atoms with van der Waals surface area (Å²) in [6.07, 6.45) is 2.67. The third kappa shape index (κ3) is 5.87. The monoisotopic (exact) mass is 583 g/mol. The van der Waals surface area contributed by atoms with Crippen LogP contribution >= 0.6 is 0 Å². The highest BCUT2D eigenvalue weighted by Gasteiger charge is 2.40. The van der Waals surface area contributed by atoms with Gasteiger partial charge in [0, 0.05) is 61.8 Å². The minimum atomic E-state index is -1.25. The van der Waals surface area contributed by atoms with Gasteiger partial charge >= 0.3 is 6.01 Å². The number of fused-ring (bicyclic) bond motifs is 2. The van der Waals surface area contributed by atoms with E-state index in [2.05, 4.69) is 64.9 Å². The lowest BCUT2D eigenvalue weighted by Gasteiger charge is -2.42. The van der Waals surface area contributed by atoms with Gasteiger partial charge in [-0.05, 0) is 37.9 Å². The summed E-state index contributed by atoms with van der Waals surface area (Å²) in [5.41, 5.74) is 1.88. The number of likely N-dealkylation sites (N-methyl/N-ethyl adjacent to an activating group) is 1. The van der Waals surface area contributed by atoms with Crippen LogP contribution in [0.5, 0.6) is 6.01 Å². The normalized spacial score (nSPS) is 24.1. The molecule has 1 amide bonds. The molecule has 9 nitrogen and oxygen atoms in total. The summed E-state index contributed by atoms with van der Waals surface area (Å²) in [5.74, 6) is 0.626. The summed E-state index contributed by atoms with van der Waals surface area (Å²) in [4.78, 5) is 30.6. The molecule has 2 saturated heterocycles. The number of halogens is 1. The Morgan fingerprint density at radius 3 is 2.74 bits per heavy atom. The smallest absolute Gasteiger partial charge is 0.318 e. The van der Waals surface area contributed by atoms with Crippen molar-refractivity contribution < 1.29 is 13.9 Å². The third-order valence-electron chi connectivity index (χ3n) is 8.97. The maximum absolute atomic E-state index is 14.7. The summed E-state index contributed by atoms with van der Waals surface area (Å²) in [6, 6.07) is 16.9. The largest absolute Gasteiger partial charge is 0.462 e. The van der Waals surface area contributed by atoms with E-state index in [4.69, 9.17) is 14.7 Å². The average molecular weight is 584 g/mol. The number of hydrogen-bond donors (Lipinski definition) is 0. The van der Waals surface area contributed by atoms with E-state index in [-0.39, 0.29) is 30.4 Å². The van der Waals surface area contributed by atoms with Gasteiger partial charge in [-0.3, -0.25) is 9.69 Å². The van der Waals surface area contributed by atoms with Gasteiger partial charge in [0.15, 0.2) is 0 Å². The van der Waals surface area contributed by atoms with E-state index in [9.17, 15) is 14.4 Å². The molecule has 224 valence electrons. The molecular weight excluding hydrogens is 545 g/mol. The van der Waals surface area contributed by atoms with Gasteiger partial charge < -0.3 is 19.4 Å². The molecule has 43 heavy (non-hydrogen) atoms. The zero-order valence-electron chi connectivity index (χ0n) is 24.9. The number of amides is 1. The van der Waals surface area contributed by atoms with Gasteiger partial charge in [0.25, 0.3) is 0 Å². The number of benzene rings is 2. The van der Waals surface area contributed by atoms with Crippen molar-refractivity contribution in [2.75, 3.05) is 56.2 Å². The van der Waals surface area contributed by atoms with Gasteiger partial charge in [-0.25, -0.2) is 4.39 Å². The van der Waals surface area contributed by atoms with E-state index in [0.29, 0.717) is 45.8 Å². The Kier molecular flexibility index (Phi) is 7.93. The van der Waals surface area contributed by atoms with Crippen LogP contribution in [0.4, 0.5) is 15.9 Å². The number of hydrogen-bond acceptors (Lipinski definition) is 8. The summed E-state index contributed by atoms with van der Waals surface area (Å²) >= 11 is 0. The predicted octanol–water partition coefficient (Wildman–Crippen LogP) is 4.12. The fourth-order valence-corrected chi connectivity index (χ4v) is 6.86. The molecule has 0 radical (unpaired) electrons. The van der Waals surface area contributed by atoms with E-state index < -0.39 is 5.67 Å². The molecule has 3 aliphatic heterocycles. The summed E-state index contributed by atoms with van der Waals surface area (Å²) < 4.78 is 20.9. The van der Waals surface area contributed by atoms with Gasteiger partial charge in [-0.1, -0.05) is 43.0 Å². The molecule has 0 aliphatic carbocycles. The van der Waals surface area contributed by atoms with Crippen molar-refractivity contribution in [3.05, 3.63) is 66.4 Å². The minimum absolute atomic E-state index is 0.0706. The number of rotatable bonds is 7. The molecule has 1 aromatic heterocycles. The number of nitriles is 1. The van der Waals surface area contributed by atoms with Crippen molar-refractivity contribution in [1.29, 1.82) is 5.26 Å². The second kappa shape index (κ2) is 11.8. The van der Waals surface area contributed by atoms with Crippen LogP contribution in [-0.4, -0.2) is 89.8 Å². The van der Waals surface area contributed by atoms with Crippen LogP contribution in [0.15, 0.2) is 55.1 Å². The van der Waals surface area contributed by atoms with Crippen molar-refractivity contribution in [3.8, 4) is 12.1 Å². The van der Waals surface area contributed by atoms with E-state index in [1.807, 2.05) is 11.9 Å². The molecular formula is C33H38FN7O2. The molecule has 3 aliphatic rings. The predicted molar refractivity (Wildman–Crippen MR) is 165 cm³/mol. The SMILES string of the molecule is C=CC(=O)N1CCN(c2nc(OC[C@@H]3CC(C)(F)CN3C)nc3c2CCN(c2cccc4ccccc24)C3)C[C@@H]1CC#N. The summed E-state index contributed by atoms with van der Waals surface area (Å²) in [5, 5.41) is 11.9. The van der Waals surface area contributed by atoms with E-state index in [1.165, 1.54) is 16.8 Å². The number of piperazine rings is 1. The van der Waals surface area contributed by atoms with Crippen molar-refractivity contribution in [3.63, 3.8) is 0 Å². The number of anilines is 2. The van der Waals surface area contributed by atoms with E-state index >= 15 is 0 Å². The molecule has 4 heterocycles. The highest BCUT2D eigenvalue weighted by atomic mass is 19.1. The molecule has 0 bridgehead atoms. The van der Waals surface area contributed by atoms with Crippen molar-refractivity contribution in [1.82, 2.24) is 19.8 Å². The maximum Gasteiger partial charge on any atom is 0.318 e. The number of aromatic nitrogens is 2. The number of likely N-dealkylation sites (tertiary alicyclic amines) is 1. The summed E-state index contributed by atoms with van der Waals surface area (Å²) in [6.45, 7) is 8.85. The number of nitrogens with zero attached hydrogens (tertiary/aromatic N) is 7. The Bertz CT molecular complexity index is 1570. The quantitative estimate of drug-likeness (QED) is 0.384. The Labute approximate surface area is 252 Å². The lowest BCUT2D eigenvalue weighted by molar-refractivity contribution is -0.128. The fourth-order valence-electron chi connectivity index (χ4n) is 6.86. The lowest BCUT2D eigenvalue weighted by atomic mass is 10.0. The van der Waals surface area contributed by atoms with Crippen LogP contribution in [0, 0.1) is 11.3 Å². The molecule has 6 rings (SSSR count). The average Bonchev–Trinajstić information content (AvgIpc) is 3.29. The van der Waals surface area contributed by atoms with Crippen LogP contribution in [0.2, 0.25) is 0 Å². The molecule has 1 unspecified atom stereocenters. The van der Waals surface area contributed by atoms with E-state index in [0.717, 1.165) is 35.7 Å². The van der Waals surface area contributed by atoms with Crippen LogP contribution in [-0.2, 0) is 17.8 Å². The zero-order valence-corrected chi connectivity index (χ0v) is 24.9. The van der Waals surface area contributed by atoms with Crippen molar-refractivity contribution in [2.24, 2.45) is 0 Å². The van der Waals surface area contributed by atoms with Gasteiger partial charge in [0.1, 0.15) is 18.1 Å². The molecule has 0 spiro atoms. The minimum Gasteiger partial charge on any atom is -0.462 e. The molecule has 0 saturated carbocycles. The maximum atomic E-state index is 14.7. The number of ether oxygens (including phenoxy) is 1. The van der Waals surface area contributed by atoms with E-state index in [1.54, 1.807) is 11.8 Å². The molecule has 0 N–H and O–H groups in total. The fraction of sp³-hybridized carbons (Fsp3) is 0.455. The summed E-state index contributed by atoms with van der Waals surface area (Å²) in [7, 11) is 1.92. The third-order valence-corrected chi connectivity index (χ3v) is 8.97. The first kappa shape index (κ1) is 28.9. The number of carbonyl (C=O) groups is 1. The zero-order chi connectivity index (χ0) is 30.1. The second-order valence-corrected chi connectivity index (χ2v) is 12.1. The molecule has 3 aromatic rings. The number of carbonyl (C=O) groups excluding carboxylic acids is 1. The first-order valence-electron chi connectivity index (χ1n) is 15.0. The highest BCUT2D eigenvalue weighted by molar-refractivity contribution is 5.94. The van der Waals surface area contributed by atoms with Crippen molar-refractivity contribution in [2.45, 2.75) is 50.5 Å². The highest BCUT2D eigenvalue weighted by Crippen LogP contribution is 2.35. The Balaban J connectivity index is 1.32. The topological polar surface area (TPSA) is 88.8 Å². The Hall–Kier alpha value is -4.23. The molecule has 3 atom stereocenters. The van der Waals surface area contributed by atoms with Crippen molar-refractivity contribution >= 4 is 28.2 Å². The van der Waals surface area contributed by atoms with Gasteiger partial charge in [0.05, 0.1) is 30.8 Å². The van der Waals surface area contributed by atoms with Gasteiger partial charge in [-0.2, -0.15) is 15.2 Å². The standard InChI is InChI=1S/C33H38FN7O2/c1-4-30(42)41-17-16-40(19-24(41)12-14-35)31-27-13-15-39(29-11-7-9-23-8-5-6-10-26(23)29)20-28(27)36-32(37-31)43-21-25-18-33(2,34)22-38(25)3/h4-11,24-25H,1,12-13,15-22H2,2-3H3/t24-,25-,33?/m0/s1. The van der Waals surface area contributed by atoms with Crippen LogP contribution in [0.3, 0.4) is 0 Å². The molecule has 2 fully saturated rings. The first-order chi connectivity index (χ1) is 20.8. The van der Waals surface area contributed by atoms with Crippen LogP contribution in [0.25, 0.3) is 10.8 Å². The first-order valence-corrected chi connectivity index (χ1v) is 15.0. The van der Waals surface area contributed by atoms with Crippen LogP contribution < -0.4 is 14.5 Å². The van der Waals surface area contributed by atoms with Gasteiger partial charge in [0.2, 0.25) is 5.91 Å². The second-order valence-electron chi connectivity index (χ2n) is 12.1. The van der Waals surface area contributed by atoms with Gasteiger partial charge in [-0.15, -0.1) is 0 Å². The lowest BCUT2D eigenvalue weighted by Crippen LogP contribution is -2.55. The number of alkyl halides is 1.